The van der Waals surface area contributed by atoms with Gasteiger partial charge in [-0.2, -0.15) is 10.2 Å². The number of aromatic amines is 1. The molecule has 30 heavy (non-hydrogen) atoms. The first-order chi connectivity index (χ1) is 14.5. The minimum atomic E-state index is -0.367. The van der Waals surface area contributed by atoms with Crippen molar-refractivity contribution in [1.29, 1.82) is 0 Å². The van der Waals surface area contributed by atoms with E-state index < -0.39 is 0 Å². The Hall–Kier alpha value is -3.00. The van der Waals surface area contributed by atoms with Crippen molar-refractivity contribution >= 4 is 46.4 Å². The number of carbonyl (C=O) groups is 1. The zero-order chi connectivity index (χ0) is 21.1. The molecule has 0 unspecified atom stereocenters. The highest BCUT2D eigenvalue weighted by Crippen LogP contribution is 2.29. The molecule has 2 aromatic heterocycles. The molecule has 0 radical (unpaired) electrons. The van der Waals surface area contributed by atoms with Crippen LogP contribution in [0.25, 0.3) is 11.3 Å². The maximum absolute atomic E-state index is 12.5. The van der Waals surface area contributed by atoms with Crippen molar-refractivity contribution in [3.63, 3.8) is 0 Å². The van der Waals surface area contributed by atoms with Crippen LogP contribution in [0.5, 0.6) is 5.75 Å². The molecule has 0 fully saturated rings. The predicted molar refractivity (Wildman–Crippen MR) is 116 cm³/mol. The van der Waals surface area contributed by atoms with Crippen LogP contribution in [0.4, 0.5) is 5.69 Å². The summed E-state index contributed by atoms with van der Waals surface area (Å²) in [7, 11) is 0. The standard InChI is InChI=1S/C20H14Cl3N5O2/c21-12-2-1-3-15(6-12)30-11-28-10-14(9-24-28)25-20(29)19-8-18(26-27-19)16-5-4-13(22)7-17(16)23/h1-10H,11H2,(H,25,29)(H,26,27). The molecule has 2 heterocycles. The molecule has 4 rings (SSSR count). The summed E-state index contributed by atoms with van der Waals surface area (Å²) in [6.45, 7) is 0.166. The van der Waals surface area contributed by atoms with E-state index in [1.54, 1.807) is 59.4 Å². The molecule has 0 spiro atoms. The lowest BCUT2D eigenvalue weighted by atomic mass is 10.1. The summed E-state index contributed by atoms with van der Waals surface area (Å²) in [5, 5.41) is 15.3. The smallest absolute Gasteiger partial charge is 0.273 e. The molecule has 0 saturated carbocycles. The number of hydrogen-bond acceptors (Lipinski definition) is 4. The molecule has 0 aliphatic rings. The maximum Gasteiger partial charge on any atom is 0.273 e. The number of carbonyl (C=O) groups excluding carboxylic acids is 1. The molecule has 7 nitrogen and oxygen atoms in total. The fourth-order valence-corrected chi connectivity index (χ4v) is 3.35. The topological polar surface area (TPSA) is 84.8 Å². The minimum Gasteiger partial charge on any atom is -0.471 e. The van der Waals surface area contributed by atoms with E-state index >= 15 is 0 Å². The normalized spacial score (nSPS) is 10.8. The number of ether oxygens (including phenoxy) is 1. The Morgan fingerprint density at radius 2 is 1.93 bits per heavy atom. The Morgan fingerprint density at radius 3 is 2.73 bits per heavy atom. The van der Waals surface area contributed by atoms with Gasteiger partial charge in [0, 0.05) is 15.6 Å². The van der Waals surface area contributed by atoms with Crippen molar-refractivity contribution in [3.05, 3.63) is 81.7 Å². The molecule has 2 aromatic carbocycles. The highest BCUT2D eigenvalue weighted by molar-refractivity contribution is 6.36. The molecule has 152 valence electrons. The van der Waals surface area contributed by atoms with Gasteiger partial charge >= 0.3 is 0 Å². The summed E-state index contributed by atoms with van der Waals surface area (Å²) in [6, 6.07) is 13.7. The largest absolute Gasteiger partial charge is 0.471 e. The lowest BCUT2D eigenvalue weighted by Crippen LogP contribution is -2.12. The van der Waals surface area contributed by atoms with Gasteiger partial charge in [-0.15, -0.1) is 0 Å². The van der Waals surface area contributed by atoms with E-state index in [4.69, 9.17) is 39.5 Å². The van der Waals surface area contributed by atoms with Crippen LogP contribution in [0.2, 0.25) is 15.1 Å². The summed E-state index contributed by atoms with van der Waals surface area (Å²) < 4.78 is 7.16. The zero-order valence-electron chi connectivity index (χ0n) is 15.3. The monoisotopic (exact) mass is 461 g/mol. The molecule has 0 atom stereocenters. The van der Waals surface area contributed by atoms with E-state index in [-0.39, 0.29) is 18.3 Å². The van der Waals surface area contributed by atoms with E-state index in [9.17, 15) is 4.79 Å². The SMILES string of the molecule is O=C(Nc1cnn(COc2cccc(Cl)c2)c1)c1cc(-c2ccc(Cl)cc2Cl)n[nH]1. The first-order valence-electron chi connectivity index (χ1n) is 8.71. The molecule has 2 N–H and O–H groups in total. The van der Waals surface area contributed by atoms with Gasteiger partial charge in [-0.1, -0.05) is 40.9 Å². The number of H-pyrrole nitrogens is 1. The van der Waals surface area contributed by atoms with Crippen LogP contribution >= 0.6 is 34.8 Å². The van der Waals surface area contributed by atoms with Crippen molar-refractivity contribution in [2.75, 3.05) is 5.32 Å². The number of halogens is 3. The molecule has 1 amide bonds. The second kappa shape index (κ2) is 8.79. The van der Waals surface area contributed by atoms with Crippen LogP contribution in [0.1, 0.15) is 10.5 Å². The first kappa shape index (κ1) is 20.3. The highest BCUT2D eigenvalue weighted by Gasteiger charge is 2.14. The van der Waals surface area contributed by atoms with Crippen LogP contribution in [0, 0.1) is 0 Å². The second-order valence-electron chi connectivity index (χ2n) is 6.24. The maximum atomic E-state index is 12.5. The molecular weight excluding hydrogens is 449 g/mol. The number of nitrogens with one attached hydrogen (secondary N) is 2. The third-order valence-electron chi connectivity index (χ3n) is 4.08. The Morgan fingerprint density at radius 1 is 1.10 bits per heavy atom. The van der Waals surface area contributed by atoms with Crippen molar-refractivity contribution in [1.82, 2.24) is 20.0 Å². The quantitative estimate of drug-likeness (QED) is 0.395. The molecule has 0 aliphatic carbocycles. The average Bonchev–Trinajstić information content (AvgIpc) is 3.36. The van der Waals surface area contributed by atoms with Crippen molar-refractivity contribution < 1.29 is 9.53 Å². The van der Waals surface area contributed by atoms with Crippen molar-refractivity contribution in [2.24, 2.45) is 0 Å². The van der Waals surface area contributed by atoms with Gasteiger partial charge in [0.15, 0.2) is 6.73 Å². The van der Waals surface area contributed by atoms with Crippen LogP contribution in [0.3, 0.4) is 0 Å². The van der Waals surface area contributed by atoms with Crippen LogP contribution < -0.4 is 10.1 Å². The minimum absolute atomic E-state index is 0.166. The average molecular weight is 463 g/mol. The summed E-state index contributed by atoms with van der Waals surface area (Å²) in [5.41, 5.74) is 1.99. The first-order valence-corrected chi connectivity index (χ1v) is 9.84. The van der Waals surface area contributed by atoms with Gasteiger partial charge in [0.2, 0.25) is 0 Å². The van der Waals surface area contributed by atoms with Crippen LogP contribution in [0.15, 0.2) is 60.9 Å². The van der Waals surface area contributed by atoms with E-state index in [1.165, 1.54) is 6.20 Å². The second-order valence-corrected chi connectivity index (χ2v) is 7.52. The van der Waals surface area contributed by atoms with Crippen molar-refractivity contribution in [2.45, 2.75) is 6.73 Å². The third-order valence-corrected chi connectivity index (χ3v) is 4.86. The fraction of sp³-hybridized carbons (Fsp3) is 0.0500. The lowest BCUT2D eigenvalue weighted by Gasteiger charge is -2.06. The number of benzene rings is 2. The van der Waals surface area contributed by atoms with Gasteiger partial charge in [0.25, 0.3) is 5.91 Å². The van der Waals surface area contributed by atoms with E-state index in [0.29, 0.717) is 37.8 Å². The predicted octanol–water partition coefficient (Wildman–Crippen LogP) is 5.52. The molecule has 4 aromatic rings. The Balaban J connectivity index is 1.39. The summed E-state index contributed by atoms with van der Waals surface area (Å²) in [5.74, 6) is 0.253. The van der Waals surface area contributed by atoms with Crippen molar-refractivity contribution in [3.8, 4) is 17.0 Å². The van der Waals surface area contributed by atoms with Gasteiger partial charge in [0.1, 0.15) is 11.4 Å². The number of aromatic nitrogens is 4. The highest BCUT2D eigenvalue weighted by atomic mass is 35.5. The molecule has 0 bridgehead atoms. The number of hydrogen-bond donors (Lipinski definition) is 2. The Labute approximate surface area is 186 Å². The third kappa shape index (κ3) is 4.76. The van der Waals surface area contributed by atoms with Gasteiger partial charge in [-0.25, -0.2) is 4.68 Å². The number of nitrogens with zero attached hydrogens (tertiary/aromatic N) is 3. The number of anilines is 1. The molecule has 0 aliphatic heterocycles. The Kier molecular flexibility index (Phi) is 5.94. The lowest BCUT2D eigenvalue weighted by molar-refractivity contribution is 0.102. The Bertz CT molecular complexity index is 1200. The van der Waals surface area contributed by atoms with Gasteiger partial charge in [0.05, 0.1) is 28.8 Å². The zero-order valence-corrected chi connectivity index (χ0v) is 17.5. The van der Waals surface area contributed by atoms with Gasteiger partial charge in [-0.3, -0.25) is 9.89 Å². The molecule has 0 saturated heterocycles. The van der Waals surface area contributed by atoms with Gasteiger partial charge in [-0.05, 0) is 42.5 Å². The van der Waals surface area contributed by atoms with Crippen LogP contribution in [-0.4, -0.2) is 25.9 Å². The van der Waals surface area contributed by atoms with E-state index in [2.05, 4.69) is 20.6 Å². The number of amides is 1. The van der Waals surface area contributed by atoms with E-state index in [0.717, 1.165) is 0 Å². The summed E-state index contributed by atoms with van der Waals surface area (Å²) in [4.78, 5) is 12.5. The summed E-state index contributed by atoms with van der Waals surface area (Å²) in [6.07, 6.45) is 3.17. The molecule has 10 heteroatoms. The van der Waals surface area contributed by atoms with Crippen LogP contribution in [-0.2, 0) is 6.73 Å². The molecular formula is C20H14Cl3N5O2. The summed E-state index contributed by atoms with van der Waals surface area (Å²) >= 11 is 18.0. The van der Waals surface area contributed by atoms with Gasteiger partial charge < -0.3 is 10.1 Å². The fourth-order valence-electron chi connectivity index (χ4n) is 2.67. The van der Waals surface area contributed by atoms with E-state index in [1.807, 2.05) is 0 Å². The number of rotatable bonds is 6.